The van der Waals surface area contributed by atoms with Gasteiger partial charge in [0.1, 0.15) is 0 Å². The third-order valence-electron chi connectivity index (χ3n) is 5.74. The Morgan fingerprint density at radius 1 is 1.14 bits per heavy atom. The molecule has 2 aliphatic rings. The van der Waals surface area contributed by atoms with Crippen molar-refractivity contribution in [1.29, 1.82) is 0 Å². The fourth-order valence-electron chi connectivity index (χ4n) is 4.16. The van der Waals surface area contributed by atoms with E-state index in [1.54, 1.807) is 0 Å². The number of nitrogens with two attached hydrogens (primary N) is 1. The van der Waals surface area contributed by atoms with Crippen molar-refractivity contribution in [3.8, 4) is 0 Å². The summed E-state index contributed by atoms with van der Waals surface area (Å²) in [6.07, 6.45) is 5.15. The number of hydrogen-bond donors (Lipinski definition) is 1. The van der Waals surface area contributed by atoms with Gasteiger partial charge in [-0.2, -0.15) is 0 Å². The van der Waals surface area contributed by atoms with E-state index in [4.69, 9.17) is 5.73 Å². The third kappa shape index (κ3) is 3.32. The molecule has 2 N–H and O–H groups in total. The summed E-state index contributed by atoms with van der Waals surface area (Å²) in [5.41, 5.74) is 10.6. The van der Waals surface area contributed by atoms with Crippen LogP contribution in [0, 0.1) is 25.7 Å². The monoisotopic (exact) mass is 286 g/mol. The maximum absolute atomic E-state index is 6.34. The maximum atomic E-state index is 6.34. The first kappa shape index (κ1) is 15.1. The average Bonchev–Trinajstić information content (AvgIpc) is 2.40. The van der Waals surface area contributed by atoms with Crippen LogP contribution in [0.2, 0.25) is 0 Å². The number of aryl methyl sites for hydroxylation is 2. The molecule has 116 valence electrons. The molecule has 4 atom stereocenters. The molecule has 0 amide bonds. The lowest BCUT2D eigenvalue weighted by atomic mass is 9.77. The van der Waals surface area contributed by atoms with Gasteiger partial charge in [0, 0.05) is 25.2 Å². The first-order chi connectivity index (χ1) is 10.0. The fraction of sp³-hybridized carbons (Fsp3) is 0.684. The number of benzene rings is 1. The summed E-state index contributed by atoms with van der Waals surface area (Å²) in [7, 11) is 0. The summed E-state index contributed by atoms with van der Waals surface area (Å²) >= 11 is 0. The molecule has 1 aliphatic carbocycles. The maximum Gasteiger partial charge on any atom is 0.0171 e. The Morgan fingerprint density at radius 3 is 2.57 bits per heavy atom. The molecular formula is C19H30N2. The van der Waals surface area contributed by atoms with Crippen molar-refractivity contribution >= 4 is 0 Å². The highest BCUT2D eigenvalue weighted by Crippen LogP contribution is 2.34. The molecule has 1 aromatic carbocycles. The molecule has 1 aliphatic heterocycles. The second-order valence-corrected chi connectivity index (χ2v) is 7.56. The molecule has 3 rings (SSSR count). The van der Waals surface area contributed by atoms with Gasteiger partial charge in [-0.1, -0.05) is 25.1 Å². The van der Waals surface area contributed by atoms with Gasteiger partial charge in [-0.25, -0.2) is 0 Å². The van der Waals surface area contributed by atoms with E-state index in [-0.39, 0.29) is 0 Å². The van der Waals surface area contributed by atoms with Gasteiger partial charge >= 0.3 is 0 Å². The second-order valence-electron chi connectivity index (χ2n) is 7.56. The average molecular weight is 286 g/mol. The number of hydrogen-bond acceptors (Lipinski definition) is 2. The summed E-state index contributed by atoms with van der Waals surface area (Å²) in [5, 5.41) is 0. The lowest BCUT2D eigenvalue weighted by Gasteiger charge is -2.48. The molecule has 4 unspecified atom stereocenters. The lowest BCUT2D eigenvalue weighted by Crippen LogP contribution is -2.55. The zero-order valence-corrected chi connectivity index (χ0v) is 13.8. The summed E-state index contributed by atoms with van der Waals surface area (Å²) in [6, 6.07) is 8.10. The summed E-state index contributed by atoms with van der Waals surface area (Å²) in [4.78, 5) is 2.69. The molecular weight excluding hydrogens is 256 g/mol. The van der Waals surface area contributed by atoms with Crippen molar-refractivity contribution < 1.29 is 0 Å². The first-order valence-electron chi connectivity index (χ1n) is 8.58. The van der Waals surface area contributed by atoms with Crippen LogP contribution in [0.3, 0.4) is 0 Å². The van der Waals surface area contributed by atoms with E-state index < -0.39 is 0 Å². The molecule has 0 radical (unpaired) electrons. The highest BCUT2D eigenvalue weighted by molar-refractivity contribution is 5.30. The van der Waals surface area contributed by atoms with Crippen LogP contribution in [0.1, 0.15) is 42.9 Å². The Labute approximate surface area is 129 Å². The first-order valence-corrected chi connectivity index (χ1v) is 8.58. The Kier molecular flexibility index (Phi) is 4.37. The summed E-state index contributed by atoms with van der Waals surface area (Å²) in [5.74, 6) is 1.60. The largest absolute Gasteiger partial charge is 0.327 e. The highest BCUT2D eigenvalue weighted by Gasteiger charge is 2.36. The Balaban J connectivity index is 1.65. The Bertz CT molecular complexity index is 496. The van der Waals surface area contributed by atoms with E-state index in [9.17, 15) is 0 Å². The number of piperidine rings is 1. The molecule has 0 bridgehead atoms. The minimum atomic E-state index is 0.364. The quantitative estimate of drug-likeness (QED) is 0.924. The van der Waals surface area contributed by atoms with E-state index in [0.717, 1.165) is 24.4 Å². The van der Waals surface area contributed by atoms with Gasteiger partial charge in [0.05, 0.1) is 0 Å². The lowest BCUT2D eigenvalue weighted by molar-refractivity contribution is 0.0288. The summed E-state index contributed by atoms with van der Waals surface area (Å²) in [6.45, 7) is 9.16. The van der Waals surface area contributed by atoms with Crippen molar-refractivity contribution in [2.24, 2.45) is 17.6 Å². The van der Waals surface area contributed by atoms with Crippen molar-refractivity contribution in [2.75, 3.05) is 13.1 Å². The van der Waals surface area contributed by atoms with Crippen LogP contribution in [0.25, 0.3) is 0 Å². The molecule has 1 saturated heterocycles. The molecule has 2 heteroatoms. The van der Waals surface area contributed by atoms with E-state index in [2.05, 4.69) is 43.9 Å². The van der Waals surface area contributed by atoms with Gasteiger partial charge in [0.25, 0.3) is 0 Å². The SMILES string of the molecule is Cc1ccc(CC2CC(N)CN(C3CCC3C)C2)cc1C. The molecule has 2 nitrogen and oxygen atoms in total. The van der Waals surface area contributed by atoms with Crippen LogP contribution in [-0.4, -0.2) is 30.1 Å². The minimum Gasteiger partial charge on any atom is -0.327 e. The number of rotatable bonds is 3. The van der Waals surface area contributed by atoms with Crippen molar-refractivity contribution in [2.45, 2.75) is 58.5 Å². The molecule has 0 aromatic heterocycles. The Morgan fingerprint density at radius 2 is 1.95 bits per heavy atom. The van der Waals surface area contributed by atoms with Crippen LogP contribution in [0.4, 0.5) is 0 Å². The van der Waals surface area contributed by atoms with E-state index >= 15 is 0 Å². The van der Waals surface area contributed by atoms with Gasteiger partial charge in [-0.05, 0) is 68.1 Å². The molecule has 1 aromatic rings. The zero-order valence-electron chi connectivity index (χ0n) is 13.8. The van der Waals surface area contributed by atoms with Gasteiger partial charge in [0.15, 0.2) is 0 Å². The van der Waals surface area contributed by atoms with Crippen molar-refractivity contribution in [3.05, 3.63) is 34.9 Å². The molecule has 1 heterocycles. The number of nitrogens with zero attached hydrogens (tertiary/aromatic N) is 1. The second kappa shape index (κ2) is 6.10. The fourth-order valence-corrected chi connectivity index (χ4v) is 4.16. The van der Waals surface area contributed by atoms with E-state index in [0.29, 0.717) is 6.04 Å². The van der Waals surface area contributed by atoms with E-state index in [1.807, 2.05) is 0 Å². The third-order valence-corrected chi connectivity index (χ3v) is 5.74. The van der Waals surface area contributed by atoms with Crippen molar-refractivity contribution in [1.82, 2.24) is 4.90 Å². The van der Waals surface area contributed by atoms with Crippen LogP contribution in [0.5, 0.6) is 0 Å². The summed E-state index contributed by atoms with van der Waals surface area (Å²) < 4.78 is 0. The smallest absolute Gasteiger partial charge is 0.0171 e. The van der Waals surface area contributed by atoms with Gasteiger partial charge < -0.3 is 5.73 Å². The predicted octanol–water partition coefficient (Wildman–Crippen LogP) is 3.29. The van der Waals surface area contributed by atoms with Crippen LogP contribution in [-0.2, 0) is 6.42 Å². The Hall–Kier alpha value is -0.860. The topological polar surface area (TPSA) is 29.3 Å². The van der Waals surface area contributed by atoms with Crippen molar-refractivity contribution in [3.63, 3.8) is 0 Å². The molecule has 0 spiro atoms. The predicted molar refractivity (Wildman–Crippen MR) is 89.5 cm³/mol. The normalized spacial score (nSPS) is 33.7. The van der Waals surface area contributed by atoms with Crippen LogP contribution in [0.15, 0.2) is 18.2 Å². The van der Waals surface area contributed by atoms with Crippen LogP contribution < -0.4 is 5.73 Å². The molecule has 2 fully saturated rings. The van der Waals surface area contributed by atoms with Crippen LogP contribution >= 0.6 is 0 Å². The number of likely N-dealkylation sites (tertiary alicyclic amines) is 1. The van der Waals surface area contributed by atoms with Gasteiger partial charge in [0.2, 0.25) is 0 Å². The highest BCUT2D eigenvalue weighted by atomic mass is 15.2. The standard InChI is InChI=1S/C19H30N2/c1-13-4-6-16(8-15(13)3)9-17-10-18(20)12-21(11-17)19-7-5-14(19)2/h4,6,8,14,17-19H,5,7,9-12,20H2,1-3H3. The minimum absolute atomic E-state index is 0.364. The molecule has 21 heavy (non-hydrogen) atoms. The van der Waals surface area contributed by atoms with E-state index in [1.165, 1.54) is 48.9 Å². The zero-order chi connectivity index (χ0) is 15.0. The van der Waals surface area contributed by atoms with Gasteiger partial charge in [-0.3, -0.25) is 4.90 Å². The molecule has 1 saturated carbocycles. The van der Waals surface area contributed by atoms with Gasteiger partial charge in [-0.15, -0.1) is 0 Å².